The van der Waals surface area contributed by atoms with E-state index in [1.165, 1.54) is 12.1 Å². The van der Waals surface area contributed by atoms with Crippen LogP contribution in [0.3, 0.4) is 0 Å². The second kappa shape index (κ2) is 3.90. The minimum absolute atomic E-state index is 0.151. The van der Waals surface area contributed by atoms with Crippen molar-refractivity contribution in [2.75, 3.05) is 0 Å². The molecule has 1 atom stereocenters. The molecular weight excluding hydrogens is 197 g/mol. The maximum atomic E-state index is 12.7. The summed E-state index contributed by atoms with van der Waals surface area (Å²) in [5, 5.41) is 3.99. The molecule has 0 bridgehead atoms. The number of hydrogen-bond acceptors (Lipinski definition) is 2. The smallest absolute Gasteiger partial charge is 0.123 e. The molecule has 0 spiro atoms. The van der Waals surface area contributed by atoms with Gasteiger partial charge in [0.05, 0.1) is 6.04 Å². The number of hydrogen-bond donors (Lipinski definition) is 1. The van der Waals surface area contributed by atoms with Crippen LogP contribution in [0.25, 0.3) is 0 Å². The van der Waals surface area contributed by atoms with Crippen LogP contribution in [0.1, 0.15) is 17.2 Å². The van der Waals surface area contributed by atoms with Crippen molar-refractivity contribution in [2.45, 2.75) is 6.04 Å². The van der Waals surface area contributed by atoms with E-state index in [9.17, 15) is 4.39 Å². The number of rotatable bonds is 2. The Morgan fingerprint density at radius 1 is 1.07 bits per heavy atom. The second-order valence-corrected chi connectivity index (χ2v) is 3.87. The number of thiophene rings is 1. The molecule has 0 saturated carbocycles. The number of halogens is 1. The molecule has 1 nitrogen and oxygen atoms in total. The third-order valence-corrected chi connectivity index (χ3v) is 2.83. The molecule has 72 valence electrons. The summed E-state index contributed by atoms with van der Waals surface area (Å²) in [7, 11) is 0. The Morgan fingerprint density at radius 3 is 2.36 bits per heavy atom. The summed E-state index contributed by atoms with van der Waals surface area (Å²) >= 11 is 1.61. The average Bonchev–Trinajstić information content (AvgIpc) is 2.71. The maximum absolute atomic E-state index is 12.7. The molecule has 2 rings (SSSR count). The molecule has 1 aromatic heterocycles. The lowest BCUT2D eigenvalue weighted by Gasteiger charge is -2.09. The van der Waals surface area contributed by atoms with E-state index in [2.05, 4.69) is 0 Å². The van der Waals surface area contributed by atoms with Crippen LogP contribution in [-0.4, -0.2) is 0 Å². The van der Waals surface area contributed by atoms with Gasteiger partial charge in [-0.25, -0.2) is 4.39 Å². The summed E-state index contributed by atoms with van der Waals surface area (Å²) in [4.78, 5) is 0. The van der Waals surface area contributed by atoms with Gasteiger partial charge in [0.15, 0.2) is 0 Å². The first-order chi connectivity index (χ1) is 6.77. The van der Waals surface area contributed by atoms with Gasteiger partial charge in [-0.3, -0.25) is 0 Å². The molecule has 1 aromatic carbocycles. The van der Waals surface area contributed by atoms with Gasteiger partial charge in [-0.05, 0) is 40.1 Å². The van der Waals surface area contributed by atoms with Gasteiger partial charge < -0.3 is 5.73 Å². The van der Waals surface area contributed by atoms with Crippen molar-refractivity contribution in [3.05, 3.63) is 58.0 Å². The van der Waals surface area contributed by atoms with Crippen LogP contribution in [0, 0.1) is 5.82 Å². The van der Waals surface area contributed by atoms with Gasteiger partial charge in [-0.1, -0.05) is 12.1 Å². The normalized spacial score (nSPS) is 12.7. The van der Waals surface area contributed by atoms with Crippen LogP contribution in [0.2, 0.25) is 0 Å². The van der Waals surface area contributed by atoms with Gasteiger partial charge in [0, 0.05) is 0 Å². The first kappa shape index (κ1) is 9.37. The molecule has 14 heavy (non-hydrogen) atoms. The first-order valence-electron chi connectivity index (χ1n) is 4.30. The fourth-order valence-electron chi connectivity index (χ4n) is 1.31. The van der Waals surface area contributed by atoms with E-state index >= 15 is 0 Å². The Balaban J connectivity index is 2.28. The van der Waals surface area contributed by atoms with E-state index in [4.69, 9.17) is 5.73 Å². The molecule has 0 aliphatic rings. The van der Waals surface area contributed by atoms with Crippen LogP contribution in [0.5, 0.6) is 0 Å². The molecule has 2 aromatic rings. The molecule has 0 amide bonds. The lowest BCUT2D eigenvalue weighted by atomic mass is 10.0. The Hall–Kier alpha value is -1.19. The van der Waals surface area contributed by atoms with Crippen molar-refractivity contribution < 1.29 is 4.39 Å². The van der Waals surface area contributed by atoms with Crippen molar-refractivity contribution in [3.63, 3.8) is 0 Å². The standard InChI is InChI=1S/C11H10FNS/c12-10-3-1-8(2-4-10)11(13)9-5-6-14-7-9/h1-7,11H,13H2/t11-/m1/s1. The third kappa shape index (κ3) is 1.84. The van der Waals surface area contributed by atoms with E-state index in [-0.39, 0.29) is 11.9 Å². The SMILES string of the molecule is N[C@H](c1ccc(F)cc1)c1ccsc1. The average molecular weight is 207 g/mol. The van der Waals surface area contributed by atoms with E-state index in [0.717, 1.165) is 11.1 Å². The topological polar surface area (TPSA) is 26.0 Å². The Kier molecular flexibility index (Phi) is 2.61. The van der Waals surface area contributed by atoms with Gasteiger partial charge in [-0.15, -0.1) is 0 Å². The molecule has 0 aliphatic heterocycles. The minimum Gasteiger partial charge on any atom is -0.320 e. The largest absolute Gasteiger partial charge is 0.320 e. The first-order valence-corrected chi connectivity index (χ1v) is 5.25. The zero-order valence-electron chi connectivity index (χ0n) is 7.48. The molecular formula is C11H10FNS. The van der Waals surface area contributed by atoms with Gasteiger partial charge >= 0.3 is 0 Å². The minimum atomic E-state index is -0.230. The van der Waals surface area contributed by atoms with E-state index in [0.29, 0.717) is 0 Å². The van der Waals surface area contributed by atoms with Crippen LogP contribution >= 0.6 is 11.3 Å². The van der Waals surface area contributed by atoms with E-state index in [1.807, 2.05) is 16.8 Å². The van der Waals surface area contributed by atoms with Gasteiger partial charge in [0.2, 0.25) is 0 Å². The van der Waals surface area contributed by atoms with Crippen LogP contribution < -0.4 is 5.73 Å². The molecule has 2 N–H and O–H groups in total. The zero-order chi connectivity index (χ0) is 9.97. The highest BCUT2D eigenvalue weighted by Gasteiger charge is 2.08. The molecule has 1 heterocycles. The van der Waals surface area contributed by atoms with E-state index < -0.39 is 0 Å². The van der Waals surface area contributed by atoms with Crippen LogP contribution in [-0.2, 0) is 0 Å². The summed E-state index contributed by atoms with van der Waals surface area (Å²) in [5.41, 5.74) is 8.00. The lowest BCUT2D eigenvalue weighted by molar-refractivity contribution is 0.626. The highest BCUT2D eigenvalue weighted by Crippen LogP contribution is 2.21. The third-order valence-electron chi connectivity index (χ3n) is 2.13. The van der Waals surface area contributed by atoms with Crippen LogP contribution in [0.15, 0.2) is 41.1 Å². The Bertz CT molecular complexity index is 394. The fourth-order valence-corrected chi connectivity index (χ4v) is 2.01. The van der Waals surface area contributed by atoms with Gasteiger partial charge in [-0.2, -0.15) is 11.3 Å². The van der Waals surface area contributed by atoms with Gasteiger partial charge in [0.25, 0.3) is 0 Å². The molecule has 0 saturated heterocycles. The Morgan fingerprint density at radius 2 is 1.79 bits per heavy atom. The lowest BCUT2D eigenvalue weighted by Crippen LogP contribution is -2.10. The maximum Gasteiger partial charge on any atom is 0.123 e. The highest BCUT2D eigenvalue weighted by atomic mass is 32.1. The number of benzene rings is 1. The predicted molar refractivity (Wildman–Crippen MR) is 56.7 cm³/mol. The monoisotopic (exact) mass is 207 g/mol. The highest BCUT2D eigenvalue weighted by molar-refractivity contribution is 7.08. The van der Waals surface area contributed by atoms with Gasteiger partial charge in [0.1, 0.15) is 5.82 Å². The molecule has 0 aliphatic carbocycles. The van der Waals surface area contributed by atoms with Crippen molar-refractivity contribution in [1.82, 2.24) is 0 Å². The predicted octanol–water partition coefficient (Wildman–Crippen LogP) is 2.94. The number of nitrogens with two attached hydrogens (primary N) is 1. The summed E-state index contributed by atoms with van der Waals surface area (Å²) in [6, 6.07) is 8.14. The van der Waals surface area contributed by atoms with E-state index in [1.54, 1.807) is 23.5 Å². The van der Waals surface area contributed by atoms with Crippen molar-refractivity contribution in [1.29, 1.82) is 0 Å². The van der Waals surface area contributed by atoms with Crippen LogP contribution in [0.4, 0.5) is 4.39 Å². The zero-order valence-corrected chi connectivity index (χ0v) is 8.30. The van der Waals surface area contributed by atoms with Crippen molar-refractivity contribution >= 4 is 11.3 Å². The summed E-state index contributed by atoms with van der Waals surface area (Å²) in [5.74, 6) is -0.230. The Labute approximate surface area is 86.0 Å². The quantitative estimate of drug-likeness (QED) is 0.805. The summed E-state index contributed by atoms with van der Waals surface area (Å²) < 4.78 is 12.7. The van der Waals surface area contributed by atoms with Crippen molar-refractivity contribution in [2.24, 2.45) is 5.73 Å². The second-order valence-electron chi connectivity index (χ2n) is 3.09. The molecule has 0 radical (unpaired) electrons. The fraction of sp³-hybridized carbons (Fsp3) is 0.0909. The molecule has 0 fully saturated rings. The molecule has 0 unspecified atom stereocenters. The molecule has 3 heteroatoms. The summed E-state index contributed by atoms with van der Waals surface area (Å²) in [6.07, 6.45) is 0. The van der Waals surface area contributed by atoms with Crippen molar-refractivity contribution in [3.8, 4) is 0 Å². The summed E-state index contributed by atoms with van der Waals surface area (Å²) in [6.45, 7) is 0.